The highest BCUT2D eigenvalue weighted by atomic mass is 32.1. The highest BCUT2D eigenvalue weighted by Gasteiger charge is 2.34. The molecule has 0 unspecified atom stereocenters. The number of carbonyl (C=O) groups excluding carboxylic acids is 1. The summed E-state index contributed by atoms with van der Waals surface area (Å²) in [7, 11) is 0. The maximum absolute atomic E-state index is 12.4. The third-order valence-corrected chi connectivity index (χ3v) is 8.34. The Balaban J connectivity index is 1.30. The molecule has 0 atom stereocenters. The molecule has 1 saturated carbocycles. The number of nitrogens with one attached hydrogen (secondary N) is 1. The molecule has 3 fully saturated rings. The second kappa shape index (κ2) is 9.76. The van der Waals surface area contributed by atoms with Crippen molar-refractivity contribution >= 4 is 45.2 Å². The molecule has 3 aliphatic rings. The molecule has 3 aromatic rings. The van der Waals surface area contributed by atoms with E-state index in [1.807, 2.05) is 17.0 Å². The van der Waals surface area contributed by atoms with Crippen LogP contribution in [0.4, 0.5) is 11.5 Å². The predicted molar refractivity (Wildman–Crippen MR) is 143 cm³/mol. The number of nitrogens with two attached hydrogens (primary N) is 1. The molecule has 0 radical (unpaired) electrons. The van der Waals surface area contributed by atoms with Crippen molar-refractivity contribution < 1.29 is 9.53 Å². The van der Waals surface area contributed by atoms with Crippen molar-refractivity contribution in [3.8, 4) is 11.4 Å². The lowest BCUT2D eigenvalue weighted by molar-refractivity contribution is -0.134. The first kappa shape index (κ1) is 23.3. The molecule has 1 amide bonds. The molecule has 3 N–H and O–H groups in total. The average Bonchev–Trinajstić information content (AvgIpc) is 3.68. The van der Waals surface area contributed by atoms with Gasteiger partial charge >= 0.3 is 0 Å². The standard InChI is InChI=1S/C26H31N7O2S/c27-15-20-19(2-1-3-21(20)28)24-29-22-14-18(36-23(22)25(30-24)32-10-12-35-13-11-32)16-31-6-8-33(9-7-31)26(34)17-4-5-17/h1-3,14-15,17,27H,4-13,16,28H2. The number of ether oxygens (including phenoxy) is 1. The van der Waals surface area contributed by atoms with Crippen molar-refractivity contribution in [3.63, 3.8) is 0 Å². The summed E-state index contributed by atoms with van der Waals surface area (Å²) in [5.41, 5.74) is 9.03. The molecular formula is C26H31N7O2S. The van der Waals surface area contributed by atoms with Gasteiger partial charge < -0.3 is 25.7 Å². The molecule has 4 heterocycles. The van der Waals surface area contributed by atoms with Crippen molar-refractivity contribution in [2.24, 2.45) is 5.92 Å². The van der Waals surface area contributed by atoms with Crippen LogP contribution in [-0.2, 0) is 16.1 Å². The first-order valence-corrected chi connectivity index (χ1v) is 13.5. The van der Waals surface area contributed by atoms with Gasteiger partial charge in [-0.3, -0.25) is 9.69 Å². The summed E-state index contributed by atoms with van der Waals surface area (Å²) >= 11 is 1.75. The van der Waals surface area contributed by atoms with Crippen LogP contribution in [0.25, 0.3) is 21.6 Å². The van der Waals surface area contributed by atoms with Gasteiger partial charge in [-0.15, -0.1) is 11.3 Å². The minimum atomic E-state index is 0.290. The van der Waals surface area contributed by atoms with Gasteiger partial charge in [0.25, 0.3) is 0 Å². The van der Waals surface area contributed by atoms with Crippen LogP contribution < -0.4 is 10.6 Å². The van der Waals surface area contributed by atoms with E-state index in [4.69, 9.17) is 25.8 Å². The van der Waals surface area contributed by atoms with Crippen molar-refractivity contribution in [2.75, 3.05) is 63.1 Å². The zero-order valence-corrected chi connectivity index (χ0v) is 21.1. The summed E-state index contributed by atoms with van der Waals surface area (Å²) in [5, 5.41) is 7.89. The minimum Gasteiger partial charge on any atom is -0.398 e. The van der Waals surface area contributed by atoms with Crippen LogP contribution in [0, 0.1) is 11.3 Å². The number of hydrogen-bond acceptors (Lipinski definition) is 9. The SMILES string of the molecule is N=Cc1c(N)cccc1-c1nc(N2CCOCC2)c2sc(CN3CCN(C(=O)C4CC4)CC3)cc2n1. The fourth-order valence-corrected chi connectivity index (χ4v) is 6.18. The molecule has 0 bridgehead atoms. The fourth-order valence-electron chi connectivity index (χ4n) is 5.03. The summed E-state index contributed by atoms with van der Waals surface area (Å²) in [6.45, 7) is 7.16. The number of aromatic nitrogens is 2. The van der Waals surface area contributed by atoms with Gasteiger partial charge in [0.1, 0.15) is 0 Å². The number of nitrogens with zero attached hydrogens (tertiary/aromatic N) is 5. The number of hydrogen-bond donors (Lipinski definition) is 2. The molecular weight excluding hydrogens is 474 g/mol. The van der Waals surface area contributed by atoms with Crippen molar-refractivity contribution in [3.05, 3.63) is 34.7 Å². The lowest BCUT2D eigenvalue weighted by Crippen LogP contribution is -2.48. The molecule has 36 heavy (non-hydrogen) atoms. The fraction of sp³-hybridized carbons (Fsp3) is 0.462. The molecule has 1 aromatic carbocycles. The number of anilines is 2. The van der Waals surface area contributed by atoms with Crippen molar-refractivity contribution in [1.82, 2.24) is 19.8 Å². The molecule has 0 spiro atoms. The van der Waals surface area contributed by atoms with E-state index in [1.165, 1.54) is 11.1 Å². The highest BCUT2D eigenvalue weighted by Crippen LogP contribution is 2.36. The van der Waals surface area contributed by atoms with E-state index >= 15 is 0 Å². The maximum atomic E-state index is 12.4. The number of fused-ring (bicyclic) bond motifs is 1. The second-order valence-electron chi connectivity index (χ2n) is 9.73. The van der Waals surface area contributed by atoms with E-state index in [-0.39, 0.29) is 0 Å². The number of nitrogen functional groups attached to an aromatic ring is 1. The number of thiophene rings is 1. The van der Waals surface area contributed by atoms with Crippen LogP contribution in [0.2, 0.25) is 0 Å². The molecule has 2 aliphatic heterocycles. The Hall–Kier alpha value is -3.08. The Morgan fingerprint density at radius 2 is 1.92 bits per heavy atom. The normalized spacial score (nSPS) is 19.1. The predicted octanol–water partition coefficient (Wildman–Crippen LogP) is 2.83. The van der Waals surface area contributed by atoms with Crippen LogP contribution in [0.3, 0.4) is 0 Å². The molecule has 2 aromatic heterocycles. The smallest absolute Gasteiger partial charge is 0.225 e. The summed E-state index contributed by atoms with van der Waals surface area (Å²) in [4.78, 5) is 30.3. The Kier molecular flexibility index (Phi) is 6.32. The van der Waals surface area contributed by atoms with Gasteiger partial charge in [0.15, 0.2) is 11.6 Å². The van der Waals surface area contributed by atoms with Gasteiger partial charge in [-0.2, -0.15) is 0 Å². The molecule has 6 rings (SSSR count). The van der Waals surface area contributed by atoms with Crippen molar-refractivity contribution in [2.45, 2.75) is 19.4 Å². The lowest BCUT2D eigenvalue weighted by Gasteiger charge is -2.34. The third-order valence-electron chi connectivity index (χ3n) is 7.23. The Morgan fingerprint density at radius 1 is 1.14 bits per heavy atom. The molecule has 188 valence electrons. The third kappa shape index (κ3) is 4.56. The lowest BCUT2D eigenvalue weighted by atomic mass is 10.1. The summed E-state index contributed by atoms with van der Waals surface area (Å²) in [6.07, 6.45) is 3.40. The number of benzene rings is 1. The van der Waals surface area contributed by atoms with Crippen LogP contribution in [-0.4, -0.2) is 84.4 Å². The van der Waals surface area contributed by atoms with Gasteiger partial charge in [-0.25, -0.2) is 9.97 Å². The first-order chi connectivity index (χ1) is 17.6. The molecule has 1 aliphatic carbocycles. The molecule has 2 saturated heterocycles. The second-order valence-corrected chi connectivity index (χ2v) is 10.9. The molecule has 9 nitrogen and oxygen atoms in total. The van der Waals surface area contributed by atoms with Crippen LogP contribution >= 0.6 is 11.3 Å². The van der Waals surface area contributed by atoms with E-state index in [2.05, 4.69) is 15.9 Å². The minimum absolute atomic E-state index is 0.290. The summed E-state index contributed by atoms with van der Waals surface area (Å²) in [6, 6.07) is 7.78. The topological polar surface area (TPSA) is 112 Å². The number of morpholine rings is 1. The molecule has 10 heteroatoms. The number of piperazine rings is 1. The van der Waals surface area contributed by atoms with E-state index < -0.39 is 0 Å². The number of rotatable bonds is 6. The number of carbonyl (C=O) groups is 1. The summed E-state index contributed by atoms with van der Waals surface area (Å²) < 4.78 is 6.67. The van der Waals surface area contributed by atoms with Gasteiger partial charge in [-0.05, 0) is 25.0 Å². The largest absolute Gasteiger partial charge is 0.398 e. The monoisotopic (exact) mass is 505 g/mol. The van der Waals surface area contributed by atoms with Crippen LogP contribution in [0.5, 0.6) is 0 Å². The first-order valence-electron chi connectivity index (χ1n) is 12.6. The van der Waals surface area contributed by atoms with Gasteiger partial charge in [0.05, 0.1) is 23.4 Å². The Morgan fingerprint density at radius 3 is 2.64 bits per heavy atom. The zero-order valence-electron chi connectivity index (χ0n) is 20.3. The average molecular weight is 506 g/mol. The highest BCUT2D eigenvalue weighted by molar-refractivity contribution is 7.19. The Bertz CT molecular complexity index is 1290. The van der Waals surface area contributed by atoms with E-state index in [0.29, 0.717) is 42.1 Å². The quantitative estimate of drug-likeness (QED) is 0.391. The summed E-state index contributed by atoms with van der Waals surface area (Å²) in [5.74, 6) is 2.15. The van der Waals surface area contributed by atoms with Crippen LogP contribution in [0.1, 0.15) is 23.3 Å². The van der Waals surface area contributed by atoms with E-state index in [1.54, 1.807) is 17.4 Å². The Labute approximate surface area is 214 Å². The van der Waals surface area contributed by atoms with Gasteiger partial charge in [0, 0.05) is 79.6 Å². The van der Waals surface area contributed by atoms with Crippen molar-refractivity contribution in [1.29, 1.82) is 5.41 Å². The van der Waals surface area contributed by atoms with E-state index in [9.17, 15) is 4.79 Å². The van der Waals surface area contributed by atoms with Gasteiger partial charge in [0.2, 0.25) is 5.91 Å². The zero-order chi connectivity index (χ0) is 24.6. The maximum Gasteiger partial charge on any atom is 0.225 e. The number of amides is 1. The van der Waals surface area contributed by atoms with E-state index in [0.717, 1.165) is 80.3 Å². The van der Waals surface area contributed by atoms with Crippen LogP contribution in [0.15, 0.2) is 24.3 Å². The van der Waals surface area contributed by atoms with Gasteiger partial charge in [-0.1, -0.05) is 12.1 Å².